The summed E-state index contributed by atoms with van der Waals surface area (Å²) in [6, 6.07) is 12.5. The van der Waals surface area contributed by atoms with Crippen LogP contribution in [0.1, 0.15) is 48.4 Å². The van der Waals surface area contributed by atoms with Gasteiger partial charge in [0.05, 0.1) is 22.4 Å². The number of nitrogens with zero attached hydrogens (tertiary/aromatic N) is 3. The van der Waals surface area contributed by atoms with Crippen molar-refractivity contribution in [1.82, 2.24) is 9.13 Å². The number of rotatable bonds is 5. The first-order chi connectivity index (χ1) is 17.7. The van der Waals surface area contributed by atoms with Gasteiger partial charge >= 0.3 is 5.97 Å². The number of esters is 1. The number of halogens is 1. The molecule has 0 fully saturated rings. The van der Waals surface area contributed by atoms with E-state index in [4.69, 9.17) is 20.8 Å². The lowest BCUT2D eigenvalue weighted by atomic mass is 10.0. The highest BCUT2D eigenvalue weighted by Crippen LogP contribution is 2.31. The third-order valence-corrected chi connectivity index (χ3v) is 7.59. The first kappa shape index (κ1) is 25.0. The Balaban J connectivity index is 1.69. The lowest BCUT2D eigenvalue weighted by Crippen LogP contribution is -2.39. The minimum Gasteiger partial charge on any atom is -0.464 e. The summed E-state index contributed by atoms with van der Waals surface area (Å²) >= 11 is 7.51. The number of furan rings is 1. The second-order valence-corrected chi connectivity index (χ2v) is 10.3. The van der Waals surface area contributed by atoms with Crippen LogP contribution in [0.15, 0.2) is 67.9 Å². The SMILES string of the molecule is CCOC(=O)C1=C(C)N=c2s/c(=C/c3cc(C)n(-c4cccc(Cl)c4)c3C)c(=O)n2[C@@H]1c1ccc(C)o1. The van der Waals surface area contributed by atoms with Gasteiger partial charge < -0.3 is 13.7 Å². The molecule has 1 aliphatic rings. The molecule has 0 bridgehead atoms. The Morgan fingerprint density at radius 1 is 1.19 bits per heavy atom. The number of allylic oxidation sites excluding steroid dienone is 1. The van der Waals surface area contributed by atoms with Crippen LogP contribution in [0, 0.1) is 20.8 Å². The Kier molecular flexibility index (Phi) is 6.56. The maximum atomic E-state index is 13.8. The molecule has 0 spiro atoms. The minimum atomic E-state index is -0.759. The van der Waals surface area contributed by atoms with E-state index in [0.717, 1.165) is 22.6 Å². The van der Waals surface area contributed by atoms with Gasteiger partial charge in [-0.15, -0.1) is 0 Å². The molecule has 0 unspecified atom stereocenters. The number of hydrogen-bond acceptors (Lipinski definition) is 6. The van der Waals surface area contributed by atoms with Crippen molar-refractivity contribution in [1.29, 1.82) is 0 Å². The van der Waals surface area contributed by atoms with Crippen molar-refractivity contribution in [3.8, 4) is 5.69 Å². The van der Waals surface area contributed by atoms with Crippen molar-refractivity contribution >= 4 is 35.0 Å². The van der Waals surface area contributed by atoms with Gasteiger partial charge in [-0.1, -0.05) is 29.0 Å². The predicted molar refractivity (Wildman–Crippen MR) is 144 cm³/mol. The molecule has 1 atom stereocenters. The van der Waals surface area contributed by atoms with Crippen LogP contribution in [-0.4, -0.2) is 21.7 Å². The van der Waals surface area contributed by atoms with Gasteiger partial charge in [-0.3, -0.25) is 9.36 Å². The van der Waals surface area contributed by atoms with E-state index in [1.165, 1.54) is 15.9 Å². The smallest absolute Gasteiger partial charge is 0.338 e. The molecule has 37 heavy (non-hydrogen) atoms. The van der Waals surface area contributed by atoms with Gasteiger partial charge in [0.2, 0.25) is 0 Å². The largest absolute Gasteiger partial charge is 0.464 e. The molecule has 1 aromatic carbocycles. The normalized spacial score (nSPS) is 15.6. The number of thiazole rings is 1. The summed E-state index contributed by atoms with van der Waals surface area (Å²) in [5.74, 6) is 0.659. The fourth-order valence-electron chi connectivity index (χ4n) is 4.75. The van der Waals surface area contributed by atoms with Gasteiger partial charge in [-0.2, -0.15) is 0 Å². The highest BCUT2D eigenvalue weighted by molar-refractivity contribution is 7.07. The summed E-state index contributed by atoms with van der Waals surface area (Å²) in [6.45, 7) is 9.56. The molecule has 7 nitrogen and oxygen atoms in total. The van der Waals surface area contributed by atoms with E-state index in [-0.39, 0.29) is 12.2 Å². The topological polar surface area (TPSA) is 78.7 Å². The Morgan fingerprint density at radius 2 is 1.97 bits per heavy atom. The van der Waals surface area contributed by atoms with Gasteiger partial charge in [0.25, 0.3) is 5.56 Å². The molecule has 4 heterocycles. The van der Waals surface area contributed by atoms with E-state index in [1.807, 2.05) is 63.2 Å². The van der Waals surface area contributed by atoms with Gasteiger partial charge in [-0.05, 0) is 82.7 Å². The molecule has 190 valence electrons. The second-order valence-electron chi connectivity index (χ2n) is 8.89. The zero-order valence-electron chi connectivity index (χ0n) is 21.2. The number of fused-ring (bicyclic) bond motifs is 1. The number of ether oxygens (including phenoxy) is 1. The highest BCUT2D eigenvalue weighted by Gasteiger charge is 2.35. The molecule has 1 aliphatic heterocycles. The van der Waals surface area contributed by atoms with E-state index in [0.29, 0.717) is 37.1 Å². The quantitative estimate of drug-likeness (QED) is 0.345. The molecule has 4 aromatic rings. The summed E-state index contributed by atoms with van der Waals surface area (Å²) < 4.78 is 15.4. The molecular formula is C28H26ClN3O4S. The van der Waals surface area contributed by atoms with Crippen LogP contribution in [0.25, 0.3) is 11.8 Å². The lowest BCUT2D eigenvalue weighted by molar-refractivity contribution is -0.139. The zero-order valence-corrected chi connectivity index (χ0v) is 22.7. The van der Waals surface area contributed by atoms with Crippen LogP contribution >= 0.6 is 22.9 Å². The van der Waals surface area contributed by atoms with Crippen molar-refractivity contribution in [3.05, 3.63) is 107 Å². The third kappa shape index (κ3) is 4.40. The second kappa shape index (κ2) is 9.68. The molecule has 0 N–H and O–H groups in total. The van der Waals surface area contributed by atoms with Crippen LogP contribution in [-0.2, 0) is 9.53 Å². The van der Waals surface area contributed by atoms with E-state index in [1.54, 1.807) is 19.9 Å². The molecule has 0 saturated carbocycles. The van der Waals surface area contributed by atoms with Gasteiger partial charge in [-0.25, -0.2) is 9.79 Å². The standard InChI is InChI=1S/C28H26ClN3O4S/c1-6-35-27(34)24-17(4)30-28-32(25(24)22-11-10-16(3)36-22)26(33)23(37-28)13-19-12-15(2)31(18(19)5)21-9-7-8-20(29)14-21/h7-14,25H,6H2,1-5H3/b23-13+/t25-/m1/s1. The maximum Gasteiger partial charge on any atom is 0.338 e. The first-order valence-electron chi connectivity index (χ1n) is 11.9. The average Bonchev–Trinajstić information content (AvgIpc) is 3.49. The van der Waals surface area contributed by atoms with E-state index < -0.39 is 12.0 Å². The van der Waals surface area contributed by atoms with Crippen molar-refractivity contribution in [3.63, 3.8) is 0 Å². The Hall–Kier alpha value is -3.62. The number of aromatic nitrogens is 2. The third-order valence-electron chi connectivity index (χ3n) is 6.37. The van der Waals surface area contributed by atoms with Crippen LogP contribution in [0.5, 0.6) is 0 Å². The van der Waals surface area contributed by atoms with Gasteiger partial charge in [0.1, 0.15) is 17.6 Å². The number of benzene rings is 1. The molecule has 0 amide bonds. The first-order valence-corrected chi connectivity index (χ1v) is 13.1. The predicted octanol–water partition coefficient (Wildman–Crippen LogP) is 4.76. The van der Waals surface area contributed by atoms with Crippen LogP contribution < -0.4 is 14.9 Å². The lowest BCUT2D eigenvalue weighted by Gasteiger charge is -2.22. The van der Waals surface area contributed by atoms with Crippen molar-refractivity contribution in [2.24, 2.45) is 4.99 Å². The van der Waals surface area contributed by atoms with Crippen LogP contribution in [0.2, 0.25) is 5.02 Å². The van der Waals surface area contributed by atoms with Gasteiger partial charge in [0, 0.05) is 22.1 Å². The summed E-state index contributed by atoms with van der Waals surface area (Å²) in [4.78, 5) is 31.9. The Bertz CT molecular complexity index is 1750. The number of hydrogen-bond donors (Lipinski definition) is 0. The Labute approximate surface area is 222 Å². The van der Waals surface area contributed by atoms with E-state index in [2.05, 4.69) is 9.56 Å². The fraction of sp³-hybridized carbons (Fsp3) is 0.250. The molecule has 0 radical (unpaired) electrons. The molecule has 0 saturated heterocycles. The maximum absolute atomic E-state index is 13.8. The summed E-state index contributed by atoms with van der Waals surface area (Å²) in [6.07, 6.45) is 1.88. The molecule has 3 aromatic heterocycles. The zero-order chi connectivity index (χ0) is 26.4. The fourth-order valence-corrected chi connectivity index (χ4v) is 5.97. The van der Waals surface area contributed by atoms with Crippen molar-refractivity contribution in [2.75, 3.05) is 6.61 Å². The summed E-state index contributed by atoms with van der Waals surface area (Å²) in [7, 11) is 0. The molecular weight excluding hydrogens is 510 g/mol. The van der Waals surface area contributed by atoms with Crippen LogP contribution in [0.4, 0.5) is 0 Å². The minimum absolute atomic E-state index is 0.214. The molecule has 9 heteroatoms. The van der Waals surface area contributed by atoms with E-state index >= 15 is 0 Å². The summed E-state index contributed by atoms with van der Waals surface area (Å²) in [5, 5.41) is 0.654. The number of carbonyl (C=O) groups excluding carboxylic acids is 1. The highest BCUT2D eigenvalue weighted by atomic mass is 35.5. The molecule has 5 rings (SSSR count). The monoisotopic (exact) mass is 535 g/mol. The van der Waals surface area contributed by atoms with E-state index in [9.17, 15) is 9.59 Å². The summed E-state index contributed by atoms with van der Waals surface area (Å²) in [5.41, 5.74) is 4.42. The van der Waals surface area contributed by atoms with Crippen molar-refractivity contribution in [2.45, 2.75) is 40.7 Å². The number of aryl methyl sites for hydroxylation is 2. The Morgan fingerprint density at radius 3 is 2.65 bits per heavy atom. The van der Waals surface area contributed by atoms with Crippen molar-refractivity contribution < 1.29 is 13.9 Å². The average molecular weight is 536 g/mol. The van der Waals surface area contributed by atoms with Gasteiger partial charge in [0.15, 0.2) is 4.80 Å². The van der Waals surface area contributed by atoms with Crippen LogP contribution in [0.3, 0.4) is 0 Å². The molecule has 0 aliphatic carbocycles. The number of carbonyl (C=O) groups is 1.